The number of amides is 1. The lowest BCUT2D eigenvalue weighted by Crippen LogP contribution is -2.39. The molecule has 6 nitrogen and oxygen atoms in total. The SMILES string of the molecule is Cc1cc(OC(C)C)nc(NC(C)C(=O)NC2CC2)n1. The van der Waals surface area contributed by atoms with E-state index in [1.54, 1.807) is 13.0 Å². The quantitative estimate of drug-likeness (QED) is 0.827. The first-order valence-corrected chi connectivity index (χ1v) is 7.03. The van der Waals surface area contributed by atoms with Crippen molar-refractivity contribution in [3.63, 3.8) is 0 Å². The molecule has 1 amide bonds. The van der Waals surface area contributed by atoms with Gasteiger partial charge in [0.2, 0.25) is 17.7 Å². The Morgan fingerprint density at radius 2 is 2.05 bits per heavy atom. The van der Waals surface area contributed by atoms with Crippen LogP contribution in [0.15, 0.2) is 6.07 Å². The number of rotatable bonds is 6. The monoisotopic (exact) mass is 278 g/mol. The Balaban J connectivity index is 1.99. The second-order valence-corrected chi connectivity index (χ2v) is 5.49. The van der Waals surface area contributed by atoms with Gasteiger partial charge in [-0.3, -0.25) is 4.79 Å². The van der Waals surface area contributed by atoms with E-state index in [9.17, 15) is 4.79 Å². The third-order valence-corrected chi connectivity index (χ3v) is 2.85. The summed E-state index contributed by atoms with van der Waals surface area (Å²) in [5.41, 5.74) is 0.799. The molecule has 6 heteroatoms. The van der Waals surface area contributed by atoms with Gasteiger partial charge in [-0.25, -0.2) is 4.98 Å². The van der Waals surface area contributed by atoms with Gasteiger partial charge >= 0.3 is 0 Å². The first-order chi connectivity index (χ1) is 9.44. The van der Waals surface area contributed by atoms with E-state index in [1.807, 2.05) is 20.8 Å². The molecule has 1 aliphatic rings. The molecule has 1 heterocycles. The van der Waals surface area contributed by atoms with Gasteiger partial charge in [0.1, 0.15) is 6.04 Å². The molecule has 1 aromatic heterocycles. The number of anilines is 1. The van der Waals surface area contributed by atoms with Crippen LogP contribution in [-0.4, -0.2) is 34.1 Å². The van der Waals surface area contributed by atoms with E-state index in [4.69, 9.17) is 4.74 Å². The molecule has 1 saturated carbocycles. The molecule has 110 valence electrons. The number of aryl methyl sites for hydroxylation is 1. The Bertz CT molecular complexity index is 486. The fourth-order valence-corrected chi connectivity index (χ4v) is 1.72. The van der Waals surface area contributed by atoms with Crippen molar-refractivity contribution in [2.24, 2.45) is 0 Å². The van der Waals surface area contributed by atoms with Crippen LogP contribution in [0.25, 0.3) is 0 Å². The van der Waals surface area contributed by atoms with Crippen LogP contribution in [0.5, 0.6) is 5.88 Å². The van der Waals surface area contributed by atoms with Gasteiger partial charge in [-0.2, -0.15) is 4.98 Å². The van der Waals surface area contributed by atoms with E-state index in [1.165, 1.54) is 0 Å². The standard InChI is InChI=1S/C14H22N4O2/c1-8(2)20-12-7-9(3)15-14(18-12)16-10(4)13(19)17-11-5-6-11/h7-8,10-11H,5-6H2,1-4H3,(H,17,19)(H,15,16,18). The highest BCUT2D eigenvalue weighted by molar-refractivity contribution is 5.84. The molecule has 1 fully saturated rings. The Hall–Kier alpha value is -1.85. The van der Waals surface area contributed by atoms with Gasteiger partial charge in [0.25, 0.3) is 0 Å². The molecule has 0 bridgehead atoms. The van der Waals surface area contributed by atoms with E-state index >= 15 is 0 Å². The van der Waals surface area contributed by atoms with Crippen LogP contribution in [-0.2, 0) is 4.79 Å². The van der Waals surface area contributed by atoms with Gasteiger partial charge in [0, 0.05) is 17.8 Å². The normalized spacial score (nSPS) is 15.8. The minimum absolute atomic E-state index is 0.0241. The Morgan fingerprint density at radius 3 is 2.65 bits per heavy atom. The van der Waals surface area contributed by atoms with Crippen LogP contribution >= 0.6 is 0 Å². The third-order valence-electron chi connectivity index (χ3n) is 2.85. The van der Waals surface area contributed by atoms with Crippen molar-refractivity contribution in [2.45, 2.75) is 58.7 Å². The number of nitrogens with zero attached hydrogens (tertiary/aromatic N) is 2. The number of hydrogen-bond acceptors (Lipinski definition) is 5. The molecule has 2 rings (SSSR count). The molecule has 1 aliphatic carbocycles. The highest BCUT2D eigenvalue weighted by Gasteiger charge is 2.25. The Labute approximate surface area is 119 Å². The van der Waals surface area contributed by atoms with Gasteiger partial charge in [-0.15, -0.1) is 0 Å². The molecule has 0 aromatic carbocycles. The predicted octanol–water partition coefficient (Wildman–Crippen LogP) is 1.65. The van der Waals surface area contributed by atoms with Crippen LogP contribution in [0.1, 0.15) is 39.3 Å². The van der Waals surface area contributed by atoms with E-state index in [0.717, 1.165) is 18.5 Å². The zero-order valence-corrected chi connectivity index (χ0v) is 12.4. The molecule has 1 atom stereocenters. The third kappa shape index (κ3) is 4.36. The average Bonchev–Trinajstić information content (AvgIpc) is 3.10. The molecular weight excluding hydrogens is 256 g/mol. The van der Waals surface area contributed by atoms with Gasteiger partial charge in [0.15, 0.2) is 0 Å². The summed E-state index contributed by atoms with van der Waals surface area (Å²) in [6, 6.07) is 1.76. The summed E-state index contributed by atoms with van der Waals surface area (Å²) in [5, 5.41) is 5.96. The summed E-state index contributed by atoms with van der Waals surface area (Å²) in [5.74, 6) is 0.910. The van der Waals surface area contributed by atoms with Crippen LogP contribution in [0.4, 0.5) is 5.95 Å². The number of hydrogen-bond donors (Lipinski definition) is 2. The maximum Gasteiger partial charge on any atom is 0.242 e. The molecule has 0 saturated heterocycles. The zero-order chi connectivity index (χ0) is 14.7. The fourth-order valence-electron chi connectivity index (χ4n) is 1.72. The van der Waals surface area contributed by atoms with Crippen LogP contribution in [0, 0.1) is 6.92 Å². The maximum atomic E-state index is 11.9. The van der Waals surface area contributed by atoms with Gasteiger partial charge in [0.05, 0.1) is 6.10 Å². The molecular formula is C14H22N4O2. The van der Waals surface area contributed by atoms with E-state index < -0.39 is 0 Å². The summed E-state index contributed by atoms with van der Waals surface area (Å²) in [7, 11) is 0. The van der Waals surface area contributed by atoms with Crippen molar-refractivity contribution in [1.82, 2.24) is 15.3 Å². The summed E-state index contributed by atoms with van der Waals surface area (Å²) in [6.07, 6.45) is 2.20. The van der Waals surface area contributed by atoms with Gasteiger partial charge < -0.3 is 15.4 Å². The fraction of sp³-hybridized carbons (Fsp3) is 0.643. The maximum absolute atomic E-state index is 11.9. The van der Waals surface area contributed by atoms with Gasteiger partial charge in [-0.1, -0.05) is 0 Å². The minimum Gasteiger partial charge on any atom is -0.475 e. The molecule has 0 spiro atoms. The highest BCUT2D eigenvalue weighted by Crippen LogP contribution is 2.19. The largest absolute Gasteiger partial charge is 0.475 e. The van der Waals surface area contributed by atoms with Crippen molar-refractivity contribution in [3.05, 3.63) is 11.8 Å². The summed E-state index contributed by atoms with van der Waals surface area (Å²) < 4.78 is 5.56. The van der Waals surface area contributed by atoms with Crippen LogP contribution in [0.2, 0.25) is 0 Å². The first-order valence-electron chi connectivity index (χ1n) is 7.03. The lowest BCUT2D eigenvalue weighted by molar-refractivity contribution is -0.121. The Morgan fingerprint density at radius 1 is 1.35 bits per heavy atom. The van der Waals surface area contributed by atoms with E-state index in [0.29, 0.717) is 17.9 Å². The molecule has 1 aromatic rings. The second-order valence-electron chi connectivity index (χ2n) is 5.49. The van der Waals surface area contributed by atoms with Crippen molar-refractivity contribution in [2.75, 3.05) is 5.32 Å². The highest BCUT2D eigenvalue weighted by atomic mass is 16.5. The zero-order valence-electron chi connectivity index (χ0n) is 12.4. The number of nitrogens with one attached hydrogen (secondary N) is 2. The average molecular weight is 278 g/mol. The predicted molar refractivity (Wildman–Crippen MR) is 76.8 cm³/mol. The Kier molecular flexibility index (Phi) is 4.42. The molecule has 1 unspecified atom stereocenters. The summed E-state index contributed by atoms with van der Waals surface area (Å²) in [4.78, 5) is 20.4. The van der Waals surface area contributed by atoms with Crippen molar-refractivity contribution in [3.8, 4) is 5.88 Å². The number of carbonyl (C=O) groups excluding carboxylic acids is 1. The van der Waals surface area contributed by atoms with E-state index in [2.05, 4.69) is 20.6 Å². The lowest BCUT2D eigenvalue weighted by atomic mass is 10.3. The van der Waals surface area contributed by atoms with E-state index in [-0.39, 0.29) is 18.1 Å². The smallest absolute Gasteiger partial charge is 0.242 e. The first kappa shape index (κ1) is 14.6. The number of carbonyl (C=O) groups is 1. The number of aromatic nitrogens is 2. The second kappa shape index (κ2) is 6.07. The molecule has 2 N–H and O–H groups in total. The van der Waals surface area contributed by atoms with Crippen LogP contribution < -0.4 is 15.4 Å². The van der Waals surface area contributed by atoms with Crippen molar-refractivity contribution < 1.29 is 9.53 Å². The van der Waals surface area contributed by atoms with Gasteiger partial charge in [-0.05, 0) is 40.5 Å². The molecule has 20 heavy (non-hydrogen) atoms. The van der Waals surface area contributed by atoms with Crippen molar-refractivity contribution in [1.29, 1.82) is 0 Å². The molecule has 0 radical (unpaired) electrons. The van der Waals surface area contributed by atoms with Crippen molar-refractivity contribution >= 4 is 11.9 Å². The van der Waals surface area contributed by atoms with Crippen LogP contribution in [0.3, 0.4) is 0 Å². The topological polar surface area (TPSA) is 76.1 Å². The summed E-state index contributed by atoms with van der Waals surface area (Å²) in [6.45, 7) is 7.55. The molecule has 0 aliphatic heterocycles. The number of ether oxygens (including phenoxy) is 1. The minimum atomic E-state index is -0.371. The lowest BCUT2D eigenvalue weighted by Gasteiger charge is -2.15. The summed E-state index contributed by atoms with van der Waals surface area (Å²) >= 11 is 0.